The Bertz CT molecular complexity index is 1310. The Kier molecular flexibility index (Phi) is 6.83. The van der Waals surface area contributed by atoms with Crippen LogP contribution in [0.4, 0.5) is 11.4 Å². The van der Waals surface area contributed by atoms with Crippen molar-refractivity contribution in [2.24, 2.45) is 0 Å². The van der Waals surface area contributed by atoms with Gasteiger partial charge in [0.25, 0.3) is 17.7 Å². The van der Waals surface area contributed by atoms with Crippen LogP contribution in [0.1, 0.15) is 26.3 Å². The lowest BCUT2D eigenvalue weighted by atomic mass is 10.1. The molecule has 3 aromatic carbocycles. The van der Waals surface area contributed by atoms with Crippen LogP contribution in [0.5, 0.6) is 5.75 Å². The monoisotopic (exact) mass is 513 g/mol. The Hall–Kier alpha value is -3.46. The fourth-order valence-electron chi connectivity index (χ4n) is 3.34. The van der Waals surface area contributed by atoms with Crippen molar-refractivity contribution in [1.29, 1.82) is 0 Å². The van der Waals surface area contributed by atoms with E-state index in [1.807, 2.05) is 6.92 Å². The van der Waals surface area contributed by atoms with E-state index in [0.29, 0.717) is 33.3 Å². The molecule has 0 aromatic heterocycles. The van der Waals surface area contributed by atoms with E-state index in [2.05, 4.69) is 10.6 Å². The quantitative estimate of drug-likeness (QED) is 0.369. The Morgan fingerprint density at radius 3 is 2.26 bits per heavy atom. The van der Waals surface area contributed by atoms with E-state index < -0.39 is 17.7 Å². The summed E-state index contributed by atoms with van der Waals surface area (Å²) in [4.78, 5) is 38.5. The predicted octanol–water partition coefficient (Wildman–Crippen LogP) is 4.99. The molecule has 0 fully saturated rings. The highest BCUT2D eigenvalue weighted by atomic mass is 35.5. The number of anilines is 2. The van der Waals surface area contributed by atoms with Crippen molar-refractivity contribution in [1.82, 2.24) is 5.32 Å². The fourth-order valence-corrected chi connectivity index (χ4v) is 3.90. The van der Waals surface area contributed by atoms with Crippen LogP contribution in [0.3, 0.4) is 0 Å². The maximum Gasteiger partial charge on any atom is 0.266 e. The summed E-state index contributed by atoms with van der Waals surface area (Å²) in [6, 6.07) is 16.3. The number of fused-ring (bicyclic) bond motifs is 1. The highest BCUT2D eigenvalue weighted by Crippen LogP contribution is 2.32. The lowest BCUT2D eigenvalue weighted by Gasteiger charge is -2.16. The number of hydrogen-bond donors (Lipinski definition) is 2. The third kappa shape index (κ3) is 4.89. The molecule has 172 valence electrons. The first-order valence-electron chi connectivity index (χ1n) is 10.0. The Morgan fingerprint density at radius 2 is 1.65 bits per heavy atom. The van der Waals surface area contributed by atoms with E-state index in [1.165, 1.54) is 6.07 Å². The zero-order chi connectivity index (χ0) is 24.4. The number of rotatable bonds is 5. The average molecular weight is 514 g/mol. The van der Waals surface area contributed by atoms with Crippen LogP contribution in [0.2, 0.25) is 10.0 Å². The van der Waals surface area contributed by atoms with E-state index in [1.54, 1.807) is 54.6 Å². The molecule has 0 saturated carbocycles. The molecule has 0 radical (unpaired) electrons. The molecule has 1 heterocycles. The summed E-state index contributed by atoms with van der Waals surface area (Å²) < 4.78 is 5.44. The smallest absolute Gasteiger partial charge is 0.266 e. The van der Waals surface area contributed by atoms with E-state index in [9.17, 15) is 14.4 Å². The number of nitrogens with zero attached hydrogens (tertiary/aromatic N) is 1. The van der Waals surface area contributed by atoms with Crippen molar-refractivity contribution < 1.29 is 19.1 Å². The molecule has 0 bridgehead atoms. The number of aryl methyl sites for hydroxylation is 1. The van der Waals surface area contributed by atoms with Crippen molar-refractivity contribution in [2.45, 2.75) is 6.92 Å². The number of carbonyl (C=O) groups excluding carboxylic acids is 3. The Balaban J connectivity index is 1.37. The summed E-state index contributed by atoms with van der Waals surface area (Å²) in [7, 11) is 0. The molecule has 0 spiro atoms. The van der Waals surface area contributed by atoms with Crippen molar-refractivity contribution in [3.05, 3.63) is 87.4 Å². The molecule has 4 rings (SSSR count). The highest BCUT2D eigenvalue weighted by molar-refractivity contribution is 7.80. The largest absolute Gasteiger partial charge is 0.484 e. The van der Waals surface area contributed by atoms with Crippen LogP contribution in [0, 0.1) is 6.92 Å². The SMILES string of the molecule is Cc1cc(OCC(=O)NC(=S)Nc2ccc(N3C(=O)c4ccccc4C3=O)cc2Cl)ccc1Cl. The van der Waals surface area contributed by atoms with Gasteiger partial charge in [-0.15, -0.1) is 0 Å². The minimum Gasteiger partial charge on any atom is -0.484 e. The van der Waals surface area contributed by atoms with Crippen molar-refractivity contribution in [3.63, 3.8) is 0 Å². The van der Waals surface area contributed by atoms with Gasteiger partial charge in [-0.3, -0.25) is 19.7 Å². The third-order valence-corrected chi connectivity index (χ3v) is 5.95. The highest BCUT2D eigenvalue weighted by Gasteiger charge is 2.36. The van der Waals surface area contributed by atoms with Gasteiger partial charge in [0.1, 0.15) is 5.75 Å². The van der Waals surface area contributed by atoms with Gasteiger partial charge in [-0.2, -0.15) is 0 Å². The van der Waals surface area contributed by atoms with Gasteiger partial charge in [0.2, 0.25) is 0 Å². The number of carbonyl (C=O) groups is 3. The summed E-state index contributed by atoms with van der Waals surface area (Å²) in [5, 5.41) is 6.14. The maximum absolute atomic E-state index is 12.7. The van der Waals surface area contributed by atoms with Gasteiger partial charge in [0, 0.05) is 5.02 Å². The summed E-state index contributed by atoms with van der Waals surface area (Å²) in [6.45, 7) is 1.58. The van der Waals surface area contributed by atoms with Gasteiger partial charge in [0.05, 0.1) is 27.5 Å². The molecule has 1 aliphatic rings. The van der Waals surface area contributed by atoms with E-state index >= 15 is 0 Å². The minimum absolute atomic E-state index is 0.0104. The number of ether oxygens (including phenoxy) is 1. The lowest BCUT2D eigenvalue weighted by molar-refractivity contribution is -0.121. The topological polar surface area (TPSA) is 87.7 Å². The van der Waals surface area contributed by atoms with Crippen LogP contribution < -0.4 is 20.3 Å². The summed E-state index contributed by atoms with van der Waals surface area (Å²) in [6.07, 6.45) is 0. The van der Waals surface area contributed by atoms with Crippen molar-refractivity contribution in [3.8, 4) is 5.75 Å². The second-order valence-electron chi connectivity index (χ2n) is 7.36. The van der Waals surface area contributed by atoms with E-state index in [0.717, 1.165) is 10.5 Å². The van der Waals surface area contributed by atoms with Gasteiger partial charge in [0.15, 0.2) is 11.7 Å². The normalized spacial score (nSPS) is 12.4. The Labute approximate surface area is 210 Å². The minimum atomic E-state index is -0.469. The number of amides is 3. The summed E-state index contributed by atoms with van der Waals surface area (Å²) in [5.74, 6) is -0.807. The zero-order valence-electron chi connectivity index (χ0n) is 17.7. The van der Waals surface area contributed by atoms with Gasteiger partial charge < -0.3 is 10.1 Å². The molecule has 0 aliphatic carbocycles. The molecule has 10 heteroatoms. The van der Waals surface area contributed by atoms with Gasteiger partial charge in [-0.05, 0) is 73.2 Å². The summed E-state index contributed by atoms with van der Waals surface area (Å²) in [5.41, 5.74) is 2.22. The molecule has 3 amide bonds. The number of hydrogen-bond acceptors (Lipinski definition) is 5. The first-order chi connectivity index (χ1) is 16.2. The van der Waals surface area contributed by atoms with Gasteiger partial charge >= 0.3 is 0 Å². The number of benzene rings is 3. The van der Waals surface area contributed by atoms with E-state index in [-0.39, 0.29) is 16.7 Å². The van der Waals surface area contributed by atoms with Crippen LogP contribution in [0.15, 0.2) is 60.7 Å². The molecule has 3 aromatic rings. The number of imide groups is 1. The summed E-state index contributed by atoms with van der Waals surface area (Å²) >= 11 is 17.5. The molecular weight excluding hydrogens is 497 g/mol. The molecule has 7 nitrogen and oxygen atoms in total. The molecule has 2 N–H and O–H groups in total. The first-order valence-corrected chi connectivity index (χ1v) is 11.2. The first kappa shape index (κ1) is 23.7. The van der Waals surface area contributed by atoms with Gasteiger partial charge in [-0.1, -0.05) is 35.3 Å². The second kappa shape index (κ2) is 9.80. The van der Waals surface area contributed by atoms with Crippen LogP contribution in [0.25, 0.3) is 0 Å². The van der Waals surface area contributed by atoms with Crippen LogP contribution >= 0.6 is 35.4 Å². The molecule has 0 atom stereocenters. The standard InChI is InChI=1S/C24H17Cl2N3O4S/c1-13-10-15(7-8-18(13)25)33-12-21(30)28-24(34)27-20-9-6-14(11-19(20)26)29-22(31)16-4-2-3-5-17(16)23(29)32/h2-11H,12H2,1H3,(H2,27,28,30,34). The lowest BCUT2D eigenvalue weighted by Crippen LogP contribution is -2.37. The number of nitrogens with one attached hydrogen (secondary N) is 2. The van der Waals surface area contributed by atoms with Crippen molar-refractivity contribution >= 4 is 69.6 Å². The molecule has 0 saturated heterocycles. The number of thiocarbonyl (C=S) groups is 1. The molecule has 34 heavy (non-hydrogen) atoms. The predicted molar refractivity (Wildman–Crippen MR) is 135 cm³/mol. The molecule has 1 aliphatic heterocycles. The third-order valence-electron chi connectivity index (χ3n) is 5.01. The number of halogens is 2. The second-order valence-corrected chi connectivity index (χ2v) is 8.58. The van der Waals surface area contributed by atoms with Gasteiger partial charge in [-0.25, -0.2) is 4.90 Å². The Morgan fingerprint density at radius 1 is 0.971 bits per heavy atom. The maximum atomic E-state index is 12.7. The van der Waals surface area contributed by atoms with Crippen molar-refractivity contribution in [2.75, 3.05) is 16.8 Å². The van der Waals surface area contributed by atoms with Crippen LogP contribution in [-0.2, 0) is 4.79 Å². The zero-order valence-corrected chi connectivity index (χ0v) is 20.1. The fraction of sp³-hybridized carbons (Fsp3) is 0.0833. The van der Waals surface area contributed by atoms with E-state index in [4.69, 9.17) is 40.2 Å². The van der Waals surface area contributed by atoms with Crippen LogP contribution in [-0.4, -0.2) is 29.4 Å². The average Bonchev–Trinajstić information content (AvgIpc) is 3.06. The molecule has 0 unspecified atom stereocenters. The molecular formula is C24H17Cl2N3O4S.